The highest BCUT2D eigenvalue weighted by atomic mass is 19.2. The number of halogens is 2. The van der Waals surface area contributed by atoms with Crippen molar-refractivity contribution >= 4 is 11.7 Å². The molecule has 0 atom stereocenters. The van der Waals surface area contributed by atoms with E-state index >= 15 is 0 Å². The summed E-state index contributed by atoms with van der Waals surface area (Å²) >= 11 is 0. The van der Waals surface area contributed by atoms with E-state index in [1.54, 1.807) is 4.90 Å². The normalized spacial score (nSPS) is 15.0. The number of aromatic nitrogens is 2. The lowest BCUT2D eigenvalue weighted by atomic mass is 10.1. The first-order chi connectivity index (χ1) is 11.5. The van der Waals surface area contributed by atoms with Crippen LogP contribution < -0.4 is 4.90 Å². The predicted octanol–water partition coefficient (Wildman–Crippen LogP) is 1.94. The van der Waals surface area contributed by atoms with Gasteiger partial charge in [0.25, 0.3) is 0 Å². The molecule has 6 nitrogen and oxygen atoms in total. The number of amides is 1. The lowest BCUT2D eigenvalue weighted by Crippen LogP contribution is -2.49. The Bertz CT molecular complexity index is 727. The maximum atomic E-state index is 13.2. The number of hydrogen-bond acceptors (Lipinski definition) is 5. The van der Waals surface area contributed by atoms with E-state index in [-0.39, 0.29) is 12.3 Å². The third kappa shape index (κ3) is 3.52. The molecule has 0 bridgehead atoms. The molecule has 1 aliphatic rings. The summed E-state index contributed by atoms with van der Waals surface area (Å²) in [5.74, 6) is -1.04. The van der Waals surface area contributed by atoms with Crippen LogP contribution in [0.3, 0.4) is 0 Å². The Hall–Kier alpha value is -2.51. The lowest BCUT2D eigenvalue weighted by molar-refractivity contribution is -0.131. The van der Waals surface area contributed by atoms with Crippen molar-refractivity contribution in [3.8, 4) is 0 Å². The smallest absolute Gasteiger partial charge is 0.223 e. The van der Waals surface area contributed by atoms with Gasteiger partial charge in [0.15, 0.2) is 17.5 Å². The summed E-state index contributed by atoms with van der Waals surface area (Å²) in [5, 5.41) is 7.63. The van der Waals surface area contributed by atoms with Crippen LogP contribution in [-0.2, 0) is 11.2 Å². The minimum atomic E-state index is -0.884. The molecule has 1 aromatic heterocycles. The Kier molecular flexibility index (Phi) is 4.73. The second kappa shape index (κ2) is 6.94. The standard InChI is InChI=1S/C16H18F2N4O2/c1-11-16(20-24-19-11)22-8-6-21(7-9-22)15(23)5-3-12-2-4-13(17)14(18)10-12/h2,4,10H,3,5-9H2,1H3. The van der Waals surface area contributed by atoms with E-state index in [9.17, 15) is 13.6 Å². The number of carbonyl (C=O) groups is 1. The number of anilines is 1. The maximum Gasteiger partial charge on any atom is 0.223 e. The van der Waals surface area contributed by atoms with Crippen molar-refractivity contribution in [3.63, 3.8) is 0 Å². The highest BCUT2D eigenvalue weighted by Gasteiger charge is 2.24. The Morgan fingerprint density at radius 2 is 1.92 bits per heavy atom. The molecular formula is C16H18F2N4O2. The largest absolute Gasteiger partial charge is 0.349 e. The van der Waals surface area contributed by atoms with Crippen LogP contribution in [0.4, 0.5) is 14.6 Å². The molecule has 128 valence electrons. The van der Waals surface area contributed by atoms with Gasteiger partial charge in [-0.3, -0.25) is 4.79 Å². The Morgan fingerprint density at radius 3 is 2.54 bits per heavy atom. The quantitative estimate of drug-likeness (QED) is 0.854. The monoisotopic (exact) mass is 336 g/mol. The van der Waals surface area contributed by atoms with E-state index in [1.165, 1.54) is 6.07 Å². The van der Waals surface area contributed by atoms with E-state index in [0.717, 1.165) is 17.8 Å². The van der Waals surface area contributed by atoms with Crippen LogP contribution in [0.15, 0.2) is 22.8 Å². The fourth-order valence-electron chi connectivity index (χ4n) is 2.79. The SMILES string of the molecule is Cc1nonc1N1CCN(C(=O)CCc2ccc(F)c(F)c2)CC1. The molecule has 2 heterocycles. The van der Waals surface area contributed by atoms with Gasteiger partial charge in [-0.25, -0.2) is 13.4 Å². The highest BCUT2D eigenvalue weighted by molar-refractivity contribution is 5.76. The molecule has 0 saturated carbocycles. The Balaban J connectivity index is 1.50. The first-order valence-corrected chi connectivity index (χ1v) is 7.80. The van der Waals surface area contributed by atoms with E-state index in [1.807, 2.05) is 11.8 Å². The van der Waals surface area contributed by atoms with Crippen LogP contribution in [-0.4, -0.2) is 47.3 Å². The molecule has 0 spiro atoms. The van der Waals surface area contributed by atoms with Crippen LogP contribution >= 0.6 is 0 Å². The second-order valence-electron chi connectivity index (χ2n) is 5.79. The summed E-state index contributed by atoms with van der Waals surface area (Å²) in [4.78, 5) is 16.1. The van der Waals surface area contributed by atoms with Crippen molar-refractivity contribution in [1.29, 1.82) is 0 Å². The van der Waals surface area contributed by atoms with Gasteiger partial charge in [0, 0.05) is 32.6 Å². The molecule has 1 aromatic carbocycles. The molecule has 8 heteroatoms. The zero-order valence-electron chi connectivity index (χ0n) is 13.3. The van der Waals surface area contributed by atoms with Gasteiger partial charge in [-0.1, -0.05) is 11.2 Å². The molecule has 0 unspecified atom stereocenters. The molecule has 0 radical (unpaired) electrons. The van der Waals surface area contributed by atoms with Crippen molar-refractivity contribution in [2.45, 2.75) is 19.8 Å². The average Bonchev–Trinajstić information content (AvgIpc) is 3.02. The minimum Gasteiger partial charge on any atom is -0.349 e. The number of aryl methyl sites for hydroxylation is 2. The number of carbonyl (C=O) groups excluding carboxylic acids is 1. The third-order valence-corrected chi connectivity index (χ3v) is 4.17. The van der Waals surface area contributed by atoms with Crippen LogP contribution in [0.1, 0.15) is 17.7 Å². The van der Waals surface area contributed by atoms with Gasteiger partial charge in [-0.2, -0.15) is 0 Å². The number of benzene rings is 1. The maximum absolute atomic E-state index is 13.2. The van der Waals surface area contributed by atoms with Crippen molar-refractivity contribution in [2.24, 2.45) is 0 Å². The number of rotatable bonds is 4. The highest BCUT2D eigenvalue weighted by Crippen LogP contribution is 2.17. The zero-order valence-corrected chi connectivity index (χ0v) is 13.3. The predicted molar refractivity (Wildman–Crippen MR) is 82.5 cm³/mol. The molecular weight excluding hydrogens is 318 g/mol. The van der Waals surface area contributed by atoms with Crippen LogP contribution in [0.5, 0.6) is 0 Å². The molecule has 1 saturated heterocycles. The topological polar surface area (TPSA) is 62.5 Å². The van der Waals surface area contributed by atoms with Crippen LogP contribution in [0.2, 0.25) is 0 Å². The first-order valence-electron chi connectivity index (χ1n) is 7.80. The lowest BCUT2D eigenvalue weighted by Gasteiger charge is -2.34. The van der Waals surface area contributed by atoms with Gasteiger partial charge in [-0.05, 0) is 36.2 Å². The molecule has 2 aromatic rings. The summed E-state index contributed by atoms with van der Waals surface area (Å²) in [6.07, 6.45) is 0.665. The molecule has 0 aliphatic carbocycles. The van der Waals surface area contributed by atoms with Gasteiger partial charge < -0.3 is 9.80 Å². The fraction of sp³-hybridized carbons (Fsp3) is 0.438. The van der Waals surface area contributed by atoms with Crippen molar-refractivity contribution < 1.29 is 18.2 Å². The summed E-state index contributed by atoms with van der Waals surface area (Å²) < 4.78 is 30.8. The van der Waals surface area contributed by atoms with Crippen molar-refractivity contribution in [1.82, 2.24) is 15.2 Å². The van der Waals surface area contributed by atoms with E-state index < -0.39 is 11.6 Å². The van der Waals surface area contributed by atoms with Gasteiger partial charge in [-0.15, -0.1) is 0 Å². The molecule has 1 fully saturated rings. The van der Waals surface area contributed by atoms with Gasteiger partial charge >= 0.3 is 0 Å². The number of piperazine rings is 1. The Morgan fingerprint density at radius 1 is 1.17 bits per heavy atom. The van der Waals surface area contributed by atoms with Gasteiger partial charge in [0.05, 0.1) is 0 Å². The summed E-state index contributed by atoms with van der Waals surface area (Å²) in [5.41, 5.74) is 1.35. The van der Waals surface area contributed by atoms with Crippen molar-refractivity contribution in [3.05, 3.63) is 41.1 Å². The summed E-state index contributed by atoms with van der Waals surface area (Å²) in [7, 11) is 0. The fourth-order valence-corrected chi connectivity index (χ4v) is 2.79. The molecule has 1 aliphatic heterocycles. The van der Waals surface area contributed by atoms with E-state index in [2.05, 4.69) is 10.3 Å². The molecule has 0 N–H and O–H groups in total. The van der Waals surface area contributed by atoms with Gasteiger partial charge in [0.1, 0.15) is 5.69 Å². The number of nitrogens with zero attached hydrogens (tertiary/aromatic N) is 4. The molecule has 1 amide bonds. The first kappa shape index (κ1) is 16.4. The van der Waals surface area contributed by atoms with Crippen LogP contribution in [0, 0.1) is 18.6 Å². The summed E-state index contributed by atoms with van der Waals surface area (Å²) in [6, 6.07) is 3.73. The molecule has 3 rings (SSSR count). The van der Waals surface area contributed by atoms with Crippen LogP contribution in [0.25, 0.3) is 0 Å². The second-order valence-corrected chi connectivity index (χ2v) is 5.79. The molecule has 24 heavy (non-hydrogen) atoms. The zero-order chi connectivity index (χ0) is 17.1. The number of hydrogen-bond donors (Lipinski definition) is 0. The minimum absolute atomic E-state index is 0.00869. The van der Waals surface area contributed by atoms with Gasteiger partial charge in [0.2, 0.25) is 5.91 Å². The third-order valence-electron chi connectivity index (χ3n) is 4.17. The van der Waals surface area contributed by atoms with Crippen molar-refractivity contribution in [2.75, 3.05) is 31.1 Å². The Labute approximate surface area is 138 Å². The summed E-state index contributed by atoms with van der Waals surface area (Å²) in [6.45, 7) is 4.31. The van der Waals surface area contributed by atoms with E-state index in [4.69, 9.17) is 4.63 Å². The van der Waals surface area contributed by atoms with E-state index in [0.29, 0.717) is 44.0 Å². The average molecular weight is 336 g/mol.